The number of anilines is 1. The first-order chi connectivity index (χ1) is 25.0. The highest BCUT2D eigenvalue weighted by atomic mass is 19.1. The highest BCUT2D eigenvalue weighted by Crippen LogP contribution is 2.44. The van der Waals surface area contributed by atoms with E-state index in [1.54, 1.807) is 17.0 Å². The van der Waals surface area contributed by atoms with Crippen LogP contribution in [0, 0.1) is 17.0 Å². The van der Waals surface area contributed by atoms with Crippen LogP contribution in [0.2, 0.25) is 0 Å². The zero-order chi connectivity index (χ0) is 36.6. The van der Waals surface area contributed by atoms with Crippen molar-refractivity contribution in [3.8, 4) is 5.75 Å². The van der Waals surface area contributed by atoms with E-state index < -0.39 is 47.5 Å². The van der Waals surface area contributed by atoms with Gasteiger partial charge in [0.1, 0.15) is 35.6 Å². The maximum Gasteiger partial charge on any atom is 0.341 e. The Morgan fingerprint density at radius 3 is 2.58 bits per heavy atom. The normalized spacial score (nSPS) is 25.2. The van der Waals surface area contributed by atoms with Crippen molar-refractivity contribution in [1.82, 2.24) is 35.0 Å². The van der Waals surface area contributed by atoms with Crippen LogP contribution in [0.1, 0.15) is 37.9 Å². The van der Waals surface area contributed by atoms with E-state index in [1.807, 2.05) is 75.4 Å². The number of hydrazine groups is 1. The molecule has 5 unspecified atom stereocenters. The lowest BCUT2D eigenvalue weighted by Crippen LogP contribution is -2.63. The van der Waals surface area contributed by atoms with Crippen molar-refractivity contribution in [3.05, 3.63) is 108 Å². The third-order valence-corrected chi connectivity index (χ3v) is 9.94. The van der Waals surface area contributed by atoms with E-state index in [-0.39, 0.29) is 31.3 Å². The van der Waals surface area contributed by atoms with Gasteiger partial charge in [0.05, 0.1) is 39.0 Å². The number of ether oxygens (including phenoxy) is 3. The van der Waals surface area contributed by atoms with Crippen molar-refractivity contribution in [1.29, 1.82) is 0 Å². The van der Waals surface area contributed by atoms with Gasteiger partial charge in [-0.05, 0) is 29.7 Å². The predicted molar refractivity (Wildman–Crippen MR) is 186 cm³/mol. The van der Waals surface area contributed by atoms with Gasteiger partial charge in [-0.15, -0.1) is 5.01 Å². The minimum absolute atomic E-state index is 0.0248. The molecule has 1 aromatic heterocycles. The largest absolute Gasteiger partial charge is 0.496 e. The van der Waals surface area contributed by atoms with Crippen molar-refractivity contribution in [2.45, 2.75) is 57.8 Å². The molecule has 2 N–H and O–H groups in total. The second-order valence-corrected chi connectivity index (χ2v) is 14.3. The van der Waals surface area contributed by atoms with Crippen LogP contribution in [0.5, 0.6) is 5.75 Å². The van der Waals surface area contributed by atoms with Crippen LogP contribution in [0.25, 0.3) is 0 Å². The van der Waals surface area contributed by atoms with Gasteiger partial charge in [-0.2, -0.15) is 5.10 Å². The average Bonchev–Trinajstić information content (AvgIpc) is 3.87. The van der Waals surface area contributed by atoms with E-state index in [4.69, 9.17) is 14.2 Å². The summed E-state index contributed by atoms with van der Waals surface area (Å²) in [5.74, 6) is -0.863. The highest BCUT2D eigenvalue weighted by Gasteiger charge is 2.58. The molecule has 0 bridgehead atoms. The number of urea groups is 1. The van der Waals surface area contributed by atoms with Gasteiger partial charge in [0, 0.05) is 42.5 Å². The minimum Gasteiger partial charge on any atom is -0.496 e. The standard InChI is InChI=1S/C37H44F2N8O5/c1-36(2,3)32(48)20-45-34(49)46(26-10-6-5-7-11-26)33(44-17-16-40-19-30(44)27-12-8-9-13-31(27)50-4)47(45)35-51-22-37(52-35,21-43-24-41-23-42-43)28-15-14-25(38)18-29(28)39/h5-15,18,23-24,30,32-33,35,40,48H,16-17,19-22H2,1-4H3. The summed E-state index contributed by atoms with van der Waals surface area (Å²) in [6.07, 6.45) is -0.268. The number of carbonyl (C=O) groups excluding carboxylic acids is 1. The SMILES string of the molecule is COc1ccccc1C1CNCCN1C1N(c2ccccc2)C(=O)N(CC(O)C(C)(C)C)N1C1OCC(Cn2cncn2)(c2ccc(F)cc2F)O1. The molecule has 15 heteroatoms. The van der Waals surface area contributed by atoms with Gasteiger partial charge in [-0.3, -0.25) is 9.80 Å². The Hall–Kier alpha value is -4.51. The number of β-amino-alcohol motifs (C(OH)–C–C–N with tert-alkyl or cyclic N) is 1. The second kappa shape index (κ2) is 14.5. The summed E-state index contributed by atoms with van der Waals surface area (Å²) in [6, 6.07) is 19.7. The molecule has 5 atom stereocenters. The van der Waals surface area contributed by atoms with Crippen molar-refractivity contribution < 1.29 is 32.9 Å². The molecule has 0 saturated carbocycles. The van der Waals surface area contributed by atoms with Gasteiger partial charge in [-0.25, -0.2) is 28.3 Å². The van der Waals surface area contributed by atoms with Gasteiger partial charge in [0.2, 0.25) is 6.41 Å². The first-order valence-corrected chi connectivity index (χ1v) is 17.3. The summed E-state index contributed by atoms with van der Waals surface area (Å²) >= 11 is 0. The van der Waals surface area contributed by atoms with Crippen LogP contribution in [-0.2, 0) is 21.6 Å². The summed E-state index contributed by atoms with van der Waals surface area (Å²) in [4.78, 5) is 22.8. The highest BCUT2D eigenvalue weighted by molar-refractivity contribution is 5.94. The monoisotopic (exact) mass is 718 g/mol. The Labute approximate surface area is 301 Å². The van der Waals surface area contributed by atoms with Crippen LogP contribution in [-0.4, -0.2) is 99.5 Å². The lowest BCUT2D eigenvalue weighted by molar-refractivity contribution is -0.265. The second-order valence-electron chi connectivity index (χ2n) is 14.3. The number of amides is 2. The first kappa shape index (κ1) is 35.9. The summed E-state index contributed by atoms with van der Waals surface area (Å²) in [7, 11) is 1.63. The molecule has 13 nitrogen and oxygen atoms in total. The Kier molecular flexibility index (Phi) is 9.99. The number of hydrogen-bond acceptors (Lipinski definition) is 10. The van der Waals surface area contributed by atoms with E-state index in [0.717, 1.165) is 11.6 Å². The van der Waals surface area contributed by atoms with Crippen molar-refractivity contribution in [2.75, 3.05) is 44.8 Å². The number of methoxy groups -OCH3 is 1. The molecule has 0 spiro atoms. The number of nitrogens with zero attached hydrogens (tertiary/aromatic N) is 7. The van der Waals surface area contributed by atoms with Crippen LogP contribution in [0.15, 0.2) is 85.5 Å². The molecule has 0 radical (unpaired) electrons. The molecule has 3 aliphatic heterocycles. The van der Waals surface area contributed by atoms with Gasteiger partial charge < -0.3 is 24.6 Å². The number of para-hydroxylation sites is 2. The predicted octanol–water partition coefficient (Wildman–Crippen LogP) is 4.29. The van der Waals surface area contributed by atoms with E-state index in [1.165, 1.54) is 34.5 Å². The molecule has 3 aromatic carbocycles. The van der Waals surface area contributed by atoms with Gasteiger partial charge >= 0.3 is 6.03 Å². The third-order valence-electron chi connectivity index (χ3n) is 9.94. The van der Waals surface area contributed by atoms with Gasteiger partial charge in [0.25, 0.3) is 0 Å². The molecule has 2 amide bonds. The Balaban J connectivity index is 1.38. The number of benzene rings is 3. The number of halogens is 2. The minimum atomic E-state index is -1.51. The van der Waals surface area contributed by atoms with Crippen LogP contribution in [0.4, 0.5) is 19.3 Å². The number of rotatable bonds is 10. The summed E-state index contributed by atoms with van der Waals surface area (Å²) in [5.41, 5.74) is -0.521. The van der Waals surface area contributed by atoms with E-state index in [9.17, 15) is 14.3 Å². The Morgan fingerprint density at radius 2 is 1.87 bits per heavy atom. The molecule has 4 aromatic rings. The van der Waals surface area contributed by atoms with Crippen LogP contribution in [0.3, 0.4) is 0 Å². The zero-order valence-corrected chi connectivity index (χ0v) is 29.6. The van der Waals surface area contributed by atoms with Crippen molar-refractivity contribution in [2.24, 2.45) is 5.41 Å². The number of hydrogen-bond donors (Lipinski definition) is 2. The van der Waals surface area contributed by atoms with E-state index in [0.29, 0.717) is 31.1 Å². The Morgan fingerprint density at radius 1 is 1.10 bits per heavy atom. The number of aliphatic hydroxyl groups is 1. The average molecular weight is 719 g/mol. The molecular weight excluding hydrogens is 674 g/mol. The summed E-state index contributed by atoms with van der Waals surface area (Å²) in [5, 5.41) is 22.4. The lowest BCUT2D eigenvalue weighted by Gasteiger charge is -2.46. The molecule has 3 saturated heterocycles. The number of aliphatic hydroxyl groups excluding tert-OH is 1. The van der Waals surface area contributed by atoms with E-state index >= 15 is 4.39 Å². The van der Waals surface area contributed by atoms with Crippen LogP contribution >= 0.6 is 0 Å². The fraction of sp³-hybridized carbons (Fsp3) is 0.432. The summed E-state index contributed by atoms with van der Waals surface area (Å²) < 4.78 is 50.6. The summed E-state index contributed by atoms with van der Waals surface area (Å²) in [6.45, 7) is 7.04. The number of carbonyl (C=O) groups is 1. The molecule has 3 fully saturated rings. The smallest absolute Gasteiger partial charge is 0.341 e. The lowest BCUT2D eigenvalue weighted by atomic mass is 9.89. The molecule has 4 heterocycles. The fourth-order valence-electron chi connectivity index (χ4n) is 7.10. The zero-order valence-electron chi connectivity index (χ0n) is 29.6. The topological polar surface area (TPSA) is 121 Å². The maximum absolute atomic E-state index is 15.7. The van der Waals surface area contributed by atoms with Crippen molar-refractivity contribution in [3.63, 3.8) is 0 Å². The molecule has 7 rings (SSSR count). The number of nitrogens with one attached hydrogen (secondary N) is 1. The van der Waals surface area contributed by atoms with Gasteiger partial charge in [-0.1, -0.05) is 63.2 Å². The Bertz CT molecular complexity index is 1850. The first-order valence-electron chi connectivity index (χ1n) is 17.3. The number of aromatic nitrogens is 3. The third kappa shape index (κ3) is 6.75. The molecule has 3 aliphatic rings. The molecular formula is C37H44F2N8O5. The van der Waals surface area contributed by atoms with E-state index in [2.05, 4.69) is 20.3 Å². The number of piperazine rings is 1. The maximum atomic E-state index is 15.7. The molecule has 276 valence electrons. The molecule has 52 heavy (non-hydrogen) atoms. The quantitative estimate of drug-likeness (QED) is 0.246. The van der Waals surface area contributed by atoms with Gasteiger partial charge in [0.15, 0.2) is 6.29 Å². The van der Waals surface area contributed by atoms with Crippen molar-refractivity contribution >= 4 is 11.7 Å². The molecule has 0 aliphatic carbocycles. The fourth-order valence-corrected chi connectivity index (χ4v) is 7.10. The van der Waals surface area contributed by atoms with Crippen LogP contribution < -0.4 is 15.0 Å².